The minimum absolute atomic E-state index is 0.0818. The van der Waals surface area contributed by atoms with Crippen molar-refractivity contribution < 1.29 is 9.59 Å². The van der Waals surface area contributed by atoms with E-state index in [9.17, 15) is 9.59 Å². The highest BCUT2D eigenvalue weighted by Gasteiger charge is 2.32. The molecule has 2 heterocycles. The van der Waals surface area contributed by atoms with E-state index in [4.69, 9.17) is 0 Å². The molecule has 0 N–H and O–H groups in total. The van der Waals surface area contributed by atoms with Gasteiger partial charge in [0.25, 0.3) is 0 Å². The van der Waals surface area contributed by atoms with Gasteiger partial charge in [0, 0.05) is 25.6 Å². The molecule has 1 aromatic rings. The molecule has 1 aliphatic rings. The van der Waals surface area contributed by atoms with E-state index in [1.165, 1.54) is 23.1 Å². The summed E-state index contributed by atoms with van der Waals surface area (Å²) in [5.41, 5.74) is 0. The van der Waals surface area contributed by atoms with Crippen molar-refractivity contribution in [2.24, 2.45) is 5.92 Å². The summed E-state index contributed by atoms with van der Waals surface area (Å²) in [7, 11) is 0. The normalized spacial score (nSPS) is 19.2. The van der Waals surface area contributed by atoms with Gasteiger partial charge in [0.1, 0.15) is 0 Å². The Kier molecular flexibility index (Phi) is 5.23. The molecule has 104 valence electrons. The molecule has 0 spiro atoms. The Morgan fingerprint density at radius 2 is 2.32 bits per heavy atom. The number of nitrogens with zero attached hydrogens (tertiary/aromatic N) is 3. The lowest BCUT2D eigenvalue weighted by molar-refractivity contribution is -0.117. The summed E-state index contributed by atoms with van der Waals surface area (Å²) in [6.45, 7) is 4.25. The highest BCUT2D eigenvalue weighted by atomic mass is 32.2. The fourth-order valence-corrected chi connectivity index (χ4v) is 4.26. The average molecular weight is 317 g/mol. The van der Waals surface area contributed by atoms with E-state index in [-0.39, 0.29) is 16.9 Å². The van der Waals surface area contributed by atoms with Gasteiger partial charge in [-0.05, 0) is 11.7 Å². The number of thioether (sulfide) groups is 2. The fourth-order valence-electron chi connectivity index (χ4n) is 1.81. The molecule has 1 aliphatic heterocycles. The van der Waals surface area contributed by atoms with Gasteiger partial charge in [-0.3, -0.25) is 14.5 Å². The fraction of sp³-hybridized carbons (Fsp3) is 0.636. The molecule has 2 rings (SSSR count). The van der Waals surface area contributed by atoms with Crippen LogP contribution in [0.3, 0.4) is 0 Å². The number of carbonyl (C=O) groups is 2. The minimum atomic E-state index is 0.0818. The monoisotopic (exact) mass is 317 g/mol. The van der Waals surface area contributed by atoms with E-state index in [0.29, 0.717) is 23.8 Å². The maximum Gasteiger partial charge on any atom is 0.229 e. The van der Waals surface area contributed by atoms with Crippen molar-refractivity contribution in [2.75, 3.05) is 23.0 Å². The van der Waals surface area contributed by atoms with Gasteiger partial charge in [-0.2, -0.15) is 0 Å². The van der Waals surface area contributed by atoms with Gasteiger partial charge in [-0.15, -0.1) is 10.2 Å². The van der Waals surface area contributed by atoms with Crippen molar-refractivity contribution in [3.8, 4) is 0 Å². The summed E-state index contributed by atoms with van der Waals surface area (Å²) >= 11 is 4.37. The molecule has 0 saturated carbocycles. The van der Waals surface area contributed by atoms with Crippen LogP contribution in [0.25, 0.3) is 0 Å². The van der Waals surface area contributed by atoms with E-state index in [1.54, 1.807) is 23.6 Å². The Morgan fingerprint density at radius 1 is 1.53 bits per heavy atom. The largest absolute Gasteiger partial charge is 0.288 e. The Balaban J connectivity index is 1.96. The zero-order valence-electron chi connectivity index (χ0n) is 10.8. The zero-order valence-corrected chi connectivity index (χ0v) is 13.2. The van der Waals surface area contributed by atoms with Crippen LogP contribution >= 0.6 is 34.9 Å². The molecule has 1 amide bonds. The second-order valence-corrected chi connectivity index (χ2v) is 7.82. The molecule has 1 saturated heterocycles. The third-order valence-electron chi connectivity index (χ3n) is 2.62. The Labute approximate surface area is 124 Å². The van der Waals surface area contributed by atoms with Crippen molar-refractivity contribution in [2.45, 2.75) is 24.6 Å². The molecule has 19 heavy (non-hydrogen) atoms. The highest BCUT2D eigenvalue weighted by molar-refractivity contribution is 8.13. The first kappa shape index (κ1) is 14.8. The van der Waals surface area contributed by atoms with Crippen molar-refractivity contribution >= 4 is 51.0 Å². The number of hydrogen-bond donors (Lipinski definition) is 0. The lowest BCUT2D eigenvalue weighted by atomic mass is 10.1. The molecule has 0 aliphatic carbocycles. The Bertz CT molecular complexity index is 478. The minimum Gasteiger partial charge on any atom is -0.288 e. The molecule has 1 atom stereocenters. The molecule has 0 bridgehead atoms. The number of aromatic nitrogens is 2. The van der Waals surface area contributed by atoms with Crippen molar-refractivity contribution in [3.05, 3.63) is 0 Å². The van der Waals surface area contributed by atoms with Gasteiger partial charge in [0.2, 0.25) is 11.0 Å². The lowest BCUT2D eigenvalue weighted by Gasteiger charge is -2.11. The van der Waals surface area contributed by atoms with Gasteiger partial charge in [-0.25, -0.2) is 0 Å². The van der Waals surface area contributed by atoms with Crippen LogP contribution in [0.15, 0.2) is 4.34 Å². The maximum absolute atomic E-state index is 12.0. The second-order valence-electron chi connectivity index (χ2n) is 4.16. The van der Waals surface area contributed by atoms with Crippen LogP contribution in [0.1, 0.15) is 20.3 Å². The summed E-state index contributed by atoms with van der Waals surface area (Å²) in [4.78, 5) is 24.6. The first-order valence-corrected chi connectivity index (χ1v) is 8.79. The van der Waals surface area contributed by atoms with Gasteiger partial charge in [-0.1, -0.05) is 41.8 Å². The second kappa shape index (κ2) is 6.71. The van der Waals surface area contributed by atoms with Crippen LogP contribution in [-0.2, 0) is 9.59 Å². The van der Waals surface area contributed by atoms with Crippen LogP contribution in [-0.4, -0.2) is 39.3 Å². The topological polar surface area (TPSA) is 63.2 Å². The standard InChI is InChI=1S/C11H15N3O2S3/c1-3-17-11-13-12-10(19-11)14-5-8(4-9(14)16)6-18-7(2)15/h8H,3-6H2,1-2H3. The van der Waals surface area contributed by atoms with E-state index in [1.807, 2.05) is 0 Å². The van der Waals surface area contributed by atoms with Crippen molar-refractivity contribution in [3.63, 3.8) is 0 Å². The summed E-state index contributed by atoms with van der Waals surface area (Å²) in [6.07, 6.45) is 0.496. The number of anilines is 1. The summed E-state index contributed by atoms with van der Waals surface area (Å²) in [5, 5.41) is 8.92. The molecule has 1 aromatic heterocycles. The Hall–Kier alpha value is -0.600. The smallest absolute Gasteiger partial charge is 0.229 e. The molecule has 5 nitrogen and oxygen atoms in total. The van der Waals surface area contributed by atoms with Crippen LogP contribution in [0.2, 0.25) is 0 Å². The van der Waals surface area contributed by atoms with Crippen molar-refractivity contribution in [1.82, 2.24) is 10.2 Å². The van der Waals surface area contributed by atoms with E-state index in [2.05, 4.69) is 17.1 Å². The zero-order chi connectivity index (χ0) is 13.8. The molecular formula is C11H15N3O2S3. The number of hydrogen-bond acceptors (Lipinski definition) is 7. The van der Waals surface area contributed by atoms with Crippen LogP contribution in [0.4, 0.5) is 5.13 Å². The Morgan fingerprint density at radius 3 is 3.00 bits per heavy atom. The summed E-state index contributed by atoms with van der Waals surface area (Å²) in [6, 6.07) is 0. The molecule has 1 fully saturated rings. The number of rotatable bonds is 5. The maximum atomic E-state index is 12.0. The van der Waals surface area contributed by atoms with Gasteiger partial charge in [0.05, 0.1) is 0 Å². The highest BCUT2D eigenvalue weighted by Crippen LogP contribution is 2.32. The van der Waals surface area contributed by atoms with Gasteiger partial charge >= 0.3 is 0 Å². The summed E-state index contributed by atoms with van der Waals surface area (Å²) < 4.78 is 0.895. The van der Waals surface area contributed by atoms with E-state index in [0.717, 1.165) is 10.1 Å². The van der Waals surface area contributed by atoms with Crippen LogP contribution in [0, 0.1) is 5.92 Å². The van der Waals surface area contributed by atoms with Crippen molar-refractivity contribution in [1.29, 1.82) is 0 Å². The predicted octanol–water partition coefficient (Wildman–Crippen LogP) is 2.28. The third kappa shape index (κ3) is 3.93. The molecule has 1 unspecified atom stereocenters. The molecule has 0 radical (unpaired) electrons. The third-order valence-corrected chi connectivity index (χ3v) is 5.63. The molecule has 8 heteroatoms. The van der Waals surface area contributed by atoms with Gasteiger partial charge in [0.15, 0.2) is 9.45 Å². The molecular weight excluding hydrogens is 302 g/mol. The first-order chi connectivity index (χ1) is 9.10. The van der Waals surface area contributed by atoms with Crippen LogP contribution in [0.5, 0.6) is 0 Å². The van der Waals surface area contributed by atoms with E-state index >= 15 is 0 Å². The van der Waals surface area contributed by atoms with Crippen LogP contribution < -0.4 is 4.90 Å². The number of amides is 1. The average Bonchev–Trinajstić information content (AvgIpc) is 2.94. The molecule has 0 aromatic carbocycles. The van der Waals surface area contributed by atoms with E-state index < -0.39 is 0 Å². The first-order valence-electron chi connectivity index (χ1n) is 6.00. The van der Waals surface area contributed by atoms with Gasteiger partial charge < -0.3 is 0 Å². The quantitative estimate of drug-likeness (QED) is 0.613. The lowest BCUT2D eigenvalue weighted by Crippen LogP contribution is -2.24. The summed E-state index contributed by atoms with van der Waals surface area (Å²) in [5.74, 6) is 1.96. The SMILES string of the molecule is CCSc1nnc(N2CC(CSC(C)=O)CC2=O)s1. The number of carbonyl (C=O) groups excluding carboxylic acids is 2. The predicted molar refractivity (Wildman–Crippen MR) is 79.9 cm³/mol.